The molecule has 4 aromatic rings. The van der Waals surface area contributed by atoms with E-state index in [0.717, 1.165) is 34.5 Å². The third-order valence-corrected chi connectivity index (χ3v) is 6.96. The quantitative estimate of drug-likeness (QED) is 0.229. The molecule has 0 saturated heterocycles. The Morgan fingerprint density at radius 2 is 1.66 bits per heavy atom. The second-order valence-corrected chi connectivity index (χ2v) is 9.49. The number of halogens is 4. The summed E-state index contributed by atoms with van der Waals surface area (Å²) < 4.78 is 59.6. The molecule has 1 N–H and O–H groups in total. The number of para-hydroxylation sites is 1. The van der Waals surface area contributed by atoms with Gasteiger partial charge in [0.15, 0.2) is 23.3 Å². The zero-order valence-electron chi connectivity index (χ0n) is 20.1. The van der Waals surface area contributed by atoms with Gasteiger partial charge in [-0.25, -0.2) is 22.5 Å². The summed E-state index contributed by atoms with van der Waals surface area (Å²) in [5.41, 5.74) is 5.48. The van der Waals surface area contributed by atoms with Gasteiger partial charge in [-0.2, -0.15) is 0 Å². The van der Waals surface area contributed by atoms with Gasteiger partial charge >= 0.3 is 0 Å². The maximum atomic E-state index is 14.8. The Morgan fingerprint density at radius 3 is 2.31 bits per heavy atom. The van der Waals surface area contributed by atoms with E-state index in [1.54, 1.807) is 4.57 Å². The Balaban J connectivity index is 1.80. The SMILES string of the molecule is CCCCn1c(-c2c(F)c(F)cc(F)c2F)nc2c3c(ccc21)C(C)c1cccc(C(C)C)c1N3. The van der Waals surface area contributed by atoms with Crippen molar-refractivity contribution in [1.29, 1.82) is 0 Å². The van der Waals surface area contributed by atoms with Gasteiger partial charge in [-0.15, -0.1) is 0 Å². The number of anilines is 2. The molecule has 1 atom stereocenters. The smallest absolute Gasteiger partial charge is 0.172 e. The van der Waals surface area contributed by atoms with Gasteiger partial charge in [0.05, 0.1) is 16.8 Å². The van der Waals surface area contributed by atoms with Crippen molar-refractivity contribution in [3.63, 3.8) is 0 Å². The molecule has 3 aromatic carbocycles. The molecular formula is C28H27F4N3. The van der Waals surface area contributed by atoms with E-state index >= 15 is 0 Å². The number of hydrogen-bond donors (Lipinski definition) is 1. The van der Waals surface area contributed by atoms with Crippen molar-refractivity contribution in [2.45, 2.75) is 58.9 Å². The van der Waals surface area contributed by atoms with Crippen molar-refractivity contribution in [2.75, 3.05) is 5.32 Å². The summed E-state index contributed by atoms with van der Waals surface area (Å²) in [6, 6.07) is 10.3. The van der Waals surface area contributed by atoms with E-state index in [0.29, 0.717) is 24.0 Å². The molecule has 1 unspecified atom stereocenters. The Bertz CT molecular complexity index is 1430. The lowest BCUT2D eigenvalue weighted by Gasteiger charge is -2.30. The van der Waals surface area contributed by atoms with Crippen LogP contribution in [0.2, 0.25) is 0 Å². The minimum absolute atomic E-state index is 0.0636. The number of imidazole rings is 1. The van der Waals surface area contributed by atoms with Gasteiger partial charge in [-0.1, -0.05) is 58.4 Å². The molecule has 2 heterocycles. The number of nitrogens with one attached hydrogen (secondary N) is 1. The third kappa shape index (κ3) is 3.60. The van der Waals surface area contributed by atoms with Crippen LogP contribution in [0, 0.1) is 23.3 Å². The molecule has 0 fully saturated rings. The average Bonchev–Trinajstić information content (AvgIpc) is 3.20. The second kappa shape index (κ2) is 8.70. The second-order valence-electron chi connectivity index (χ2n) is 9.49. The number of fused-ring (bicyclic) bond motifs is 4. The number of aryl methyl sites for hydroxylation is 1. The van der Waals surface area contributed by atoms with Gasteiger partial charge in [0.1, 0.15) is 11.3 Å². The molecule has 0 radical (unpaired) electrons. The fourth-order valence-electron chi connectivity index (χ4n) is 5.07. The first-order chi connectivity index (χ1) is 16.7. The number of rotatable bonds is 5. The minimum Gasteiger partial charge on any atom is -0.353 e. The first kappa shape index (κ1) is 23.4. The number of benzene rings is 3. The van der Waals surface area contributed by atoms with Crippen LogP contribution in [0.25, 0.3) is 22.4 Å². The summed E-state index contributed by atoms with van der Waals surface area (Å²) in [7, 11) is 0. The van der Waals surface area contributed by atoms with E-state index in [4.69, 9.17) is 0 Å². The van der Waals surface area contributed by atoms with Gasteiger partial charge in [-0.05, 0) is 35.1 Å². The first-order valence-electron chi connectivity index (χ1n) is 12.0. The van der Waals surface area contributed by atoms with Crippen molar-refractivity contribution in [3.8, 4) is 11.4 Å². The molecule has 1 aromatic heterocycles. The summed E-state index contributed by atoms with van der Waals surface area (Å²) in [5, 5.41) is 3.55. The molecule has 7 heteroatoms. The Hall–Kier alpha value is -3.35. The summed E-state index contributed by atoms with van der Waals surface area (Å²) in [6.45, 7) is 8.77. The zero-order valence-corrected chi connectivity index (χ0v) is 20.1. The van der Waals surface area contributed by atoms with Crippen LogP contribution in [-0.2, 0) is 6.54 Å². The van der Waals surface area contributed by atoms with E-state index in [1.165, 1.54) is 0 Å². The lowest BCUT2D eigenvalue weighted by molar-refractivity contribution is 0.456. The van der Waals surface area contributed by atoms with E-state index in [9.17, 15) is 17.6 Å². The van der Waals surface area contributed by atoms with Gasteiger partial charge in [-0.3, -0.25) is 0 Å². The molecule has 1 aliphatic rings. The molecule has 35 heavy (non-hydrogen) atoms. The summed E-state index contributed by atoms with van der Waals surface area (Å²) >= 11 is 0. The molecule has 0 spiro atoms. The van der Waals surface area contributed by atoms with Gasteiger partial charge in [0.2, 0.25) is 0 Å². The number of hydrogen-bond acceptors (Lipinski definition) is 2. The van der Waals surface area contributed by atoms with Crippen LogP contribution in [0.3, 0.4) is 0 Å². The number of nitrogens with zero attached hydrogens (tertiary/aromatic N) is 2. The summed E-state index contributed by atoms with van der Waals surface area (Å²) in [5.74, 6) is -5.56. The van der Waals surface area contributed by atoms with Gasteiger partial charge < -0.3 is 9.88 Å². The van der Waals surface area contributed by atoms with E-state index in [1.807, 2.05) is 19.1 Å². The topological polar surface area (TPSA) is 29.9 Å². The predicted molar refractivity (Wildman–Crippen MR) is 131 cm³/mol. The van der Waals surface area contributed by atoms with Crippen LogP contribution in [-0.4, -0.2) is 9.55 Å². The lowest BCUT2D eigenvalue weighted by Crippen LogP contribution is -2.13. The molecule has 5 rings (SSSR count). The minimum atomic E-state index is -1.45. The molecule has 1 aliphatic heterocycles. The maximum absolute atomic E-state index is 14.8. The molecule has 3 nitrogen and oxygen atoms in total. The third-order valence-electron chi connectivity index (χ3n) is 6.96. The molecule has 0 amide bonds. The van der Waals surface area contributed by atoms with Crippen molar-refractivity contribution >= 4 is 22.4 Å². The Morgan fingerprint density at radius 1 is 0.971 bits per heavy atom. The monoisotopic (exact) mass is 481 g/mol. The Kier molecular flexibility index (Phi) is 5.82. The maximum Gasteiger partial charge on any atom is 0.172 e. The highest BCUT2D eigenvalue weighted by molar-refractivity contribution is 5.97. The van der Waals surface area contributed by atoms with Crippen molar-refractivity contribution in [3.05, 3.63) is 76.4 Å². The highest BCUT2D eigenvalue weighted by Crippen LogP contribution is 2.47. The summed E-state index contributed by atoms with van der Waals surface area (Å²) in [4.78, 5) is 4.62. The van der Waals surface area contributed by atoms with Crippen LogP contribution < -0.4 is 5.32 Å². The van der Waals surface area contributed by atoms with Gasteiger partial charge in [0, 0.05) is 24.2 Å². The number of unbranched alkanes of at least 4 members (excludes halogenated alkanes) is 1. The fourth-order valence-corrected chi connectivity index (χ4v) is 5.07. The standard InChI is InChI=1S/C28H27F4N3/c1-5-6-12-35-21-11-10-18-15(4)17-9-7-8-16(14(2)3)25(17)33-26(18)27(21)34-28(35)22-23(31)19(29)13-20(30)24(22)32/h7-11,13-15,33H,5-6,12H2,1-4H3. The largest absolute Gasteiger partial charge is 0.353 e. The van der Waals surface area contributed by atoms with Crippen molar-refractivity contribution < 1.29 is 17.6 Å². The van der Waals surface area contributed by atoms with Crippen LogP contribution >= 0.6 is 0 Å². The van der Waals surface area contributed by atoms with Gasteiger partial charge in [0.25, 0.3) is 0 Å². The molecule has 0 saturated carbocycles. The highest BCUT2D eigenvalue weighted by Gasteiger charge is 2.30. The van der Waals surface area contributed by atoms with Crippen molar-refractivity contribution in [2.24, 2.45) is 0 Å². The van der Waals surface area contributed by atoms with Crippen LogP contribution in [0.1, 0.15) is 69.1 Å². The average molecular weight is 482 g/mol. The lowest BCUT2D eigenvalue weighted by atomic mass is 9.84. The fraction of sp³-hybridized carbons (Fsp3) is 0.321. The van der Waals surface area contributed by atoms with Crippen LogP contribution in [0.5, 0.6) is 0 Å². The van der Waals surface area contributed by atoms with Crippen molar-refractivity contribution in [1.82, 2.24) is 9.55 Å². The molecule has 0 bridgehead atoms. The first-order valence-corrected chi connectivity index (χ1v) is 12.0. The van der Waals surface area contributed by atoms with E-state index in [-0.39, 0.29) is 23.7 Å². The summed E-state index contributed by atoms with van der Waals surface area (Å²) in [6.07, 6.45) is 1.54. The highest BCUT2D eigenvalue weighted by atomic mass is 19.2. The molecular weight excluding hydrogens is 454 g/mol. The predicted octanol–water partition coefficient (Wildman–Crippen LogP) is 8.39. The van der Waals surface area contributed by atoms with E-state index in [2.05, 4.69) is 49.3 Å². The molecule has 0 aliphatic carbocycles. The normalized spacial score (nSPS) is 14.8. The number of aromatic nitrogens is 2. The van der Waals surface area contributed by atoms with Crippen LogP contribution in [0.4, 0.5) is 28.9 Å². The van der Waals surface area contributed by atoms with E-state index < -0.39 is 28.8 Å². The zero-order chi connectivity index (χ0) is 25.0. The molecule has 182 valence electrons. The van der Waals surface area contributed by atoms with Crippen LogP contribution in [0.15, 0.2) is 36.4 Å². The Labute approximate surface area is 201 Å².